The van der Waals surface area contributed by atoms with Gasteiger partial charge >= 0.3 is 0 Å². The Kier molecular flexibility index (Phi) is 9.96. The molecule has 2 aromatic rings. The fraction of sp³-hybridized carbons (Fsp3) is 0.409. The lowest BCUT2D eigenvalue weighted by Crippen LogP contribution is -2.45. The van der Waals surface area contributed by atoms with Crippen LogP contribution in [0.2, 0.25) is 0 Å². The van der Waals surface area contributed by atoms with Crippen LogP contribution < -0.4 is 15.5 Å². The number of likely N-dealkylation sites (N-methyl/N-ethyl adjacent to an activating group) is 1. The van der Waals surface area contributed by atoms with Crippen molar-refractivity contribution in [3.05, 3.63) is 60.0 Å². The van der Waals surface area contributed by atoms with Crippen molar-refractivity contribution in [2.24, 2.45) is 4.99 Å². The zero-order valence-electron chi connectivity index (χ0n) is 17.9. The van der Waals surface area contributed by atoms with Crippen molar-refractivity contribution in [3.8, 4) is 0 Å². The lowest BCUT2D eigenvalue weighted by Gasteiger charge is -2.20. The average molecular weight is 540 g/mol. The number of halogens is 2. The normalized spacial score (nSPS) is 15.9. The van der Waals surface area contributed by atoms with Gasteiger partial charge < -0.3 is 20.4 Å². The number of nitrogens with zero attached hydrogens (tertiary/aromatic N) is 4. The third kappa shape index (κ3) is 7.64. The minimum atomic E-state index is -0.315. The molecular weight excluding hydrogens is 510 g/mol. The Morgan fingerprint density at radius 3 is 2.74 bits per heavy atom. The Morgan fingerprint density at radius 1 is 1.26 bits per heavy atom. The molecule has 1 amide bonds. The summed E-state index contributed by atoms with van der Waals surface area (Å²) in [6, 6.07) is 13.3. The summed E-state index contributed by atoms with van der Waals surface area (Å²) in [6.07, 6.45) is 3.28. The number of amides is 1. The van der Waals surface area contributed by atoms with Gasteiger partial charge in [0.25, 0.3) is 0 Å². The van der Waals surface area contributed by atoms with E-state index in [2.05, 4.69) is 32.7 Å². The molecule has 1 fully saturated rings. The molecule has 9 heteroatoms. The predicted molar refractivity (Wildman–Crippen MR) is 133 cm³/mol. The third-order valence-electron chi connectivity index (χ3n) is 4.99. The van der Waals surface area contributed by atoms with Gasteiger partial charge in [-0.1, -0.05) is 30.3 Å². The van der Waals surface area contributed by atoms with Crippen molar-refractivity contribution in [3.63, 3.8) is 0 Å². The molecule has 168 valence electrons. The maximum absolute atomic E-state index is 14.0. The number of nitrogens with one attached hydrogen (secondary N) is 2. The smallest absolute Gasteiger partial charge is 0.243 e. The van der Waals surface area contributed by atoms with E-state index in [0.717, 1.165) is 12.8 Å². The van der Waals surface area contributed by atoms with Crippen LogP contribution in [0.25, 0.3) is 0 Å². The highest BCUT2D eigenvalue weighted by molar-refractivity contribution is 14.0. The fourth-order valence-corrected chi connectivity index (χ4v) is 3.28. The van der Waals surface area contributed by atoms with Gasteiger partial charge in [-0.2, -0.15) is 0 Å². The maximum atomic E-state index is 14.0. The van der Waals surface area contributed by atoms with Crippen LogP contribution in [-0.4, -0.2) is 68.1 Å². The standard InChI is InChI=1S/C22H29FN6O.HI/c1-28(2)20(30)15-26-22(25-13-10-17-7-4-3-5-8-17)27-18-11-14-29(16-18)21-19(23)9-6-12-24-21;/h3-9,12,18H,10-11,13-16H2,1-2H3,(H2,25,26,27);1H. The van der Waals surface area contributed by atoms with Crippen LogP contribution in [0.5, 0.6) is 0 Å². The second-order valence-electron chi connectivity index (χ2n) is 7.50. The zero-order valence-corrected chi connectivity index (χ0v) is 20.3. The van der Waals surface area contributed by atoms with Crippen molar-refractivity contribution in [2.45, 2.75) is 18.9 Å². The van der Waals surface area contributed by atoms with E-state index in [-0.39, 0.29) is 48.3 Å². The van der Waals surface area contributed by atoms with Crippen LogP contribution in [0.3, 0.4) is 0 Å². The first-order valence-electron chi connectivity index (χ1n) is 10.2. The van der Waals surface area contributed by atoms with Gasteiger partial charge in [0.1, 0.15) is 6.54 Å². The van der Waals surface area contributed by atoms with E-state index >= 15 is 0 Å². The van der Waals surface area contributed by atoms with Gasteiger partial charge in [0, 0.05) is 46.0 Å². The number of guanidine groups is 1. The molecule has 7 nitrogen and oxygen atoms in total. The van der Waals surface area contributed by atoms with Gasteiger partial charge in [-0.3, -0.25) is 4.79 Å². The summed E-state index contributed by atoms with van der Waals surface area (Å²) >= 11 is 0. The maximum Gasteiger partial charge on any atom is 0.243 e. The summed E-state index contributed by atoms with van der Waals surface area (Å²) in [5.41, 5.74) is 1.23. The summed E-state index contributed by atoms with van der Waals surface area (Å²) < 4.78 is 14.0. The first kappa shape index (κ1) is 24.8. The largest absolute Gasteiger partial charge is 0.356 e. The number of carbonyl (C=O) groups is 1. The molecular formula is C22H30FIN6O. The number of benzene rings is 1. The van der Waals surface area contributed by atoms with Gasteiger partial charge in [-0.05, 0) is 30.5 Å². The van der Waals surface area contributed by atoms with Crippen LogP contribution in [0.1, 0.15) is 12.0 Å². The Labute approximate surface area is 200 Å². The summed E-state index contributed by atoms with van der Waals surface area (Å²) in [5.74, 6) is 0.585. The zero-order chi connectivity index (χ0) is 21.3. The molecule has 1 aromatic heterocycles. The number of aromatic nitrogens is 1. The lowest BCUT2D eigenvalue weighted by molar-refractivity contribution is -0.127. The Bertz CT molecular complexity index is 864. The molecule has 1 saturated heterocycles. The fourth-order valence-electron chi connectivity index (χ4n) is 3.28. The predicted octanol–water partition coefficient (Wildman–Crippen LogP) is 2.28. The van der Waals surface area contributed by atoms with Crippen LogP contribution in [0.15, 0.2) is 53.7 Å². The number of hydrogen-bond donors (Lipinski definition) is 2. The number of rotatable bonds is 7. The SMILES string of the molecule is CN(C)C(=O)CN=C(NCCc1ccccc1)NC1CCN(c2ncccc2F)C1.I. The highest BCUT2D eigenvalue weighted by Crippen LogP contribution is 2.20. The monoisotopic (exact) mass is 540 g/mol. The van der Waals surface area contributed by atoms with Crippen LogP contribution in [0, 0.1) is 5.82 Å². The van der Waals surface area contributed by atoms with Crippen LogP contribution in [-0.2, 0) is 11.2 Å². The molecule has 0 spiro atoms. The Hall–Kier alpha value is -2.43. The minimum Gasteiger partial charge on any atom is -0.356 e. The third-order valence-corrected chi connectivity index (χ3v) is 4.99. The molecule has 0 bridgehead atoms. The molecule has 0 radical (unpaired) electrons. The molecule has 0 saturated carbocycles. The van der Waals surface area contributed by atoms with Crippen molar-refractivity contribution in [2.75, 3.05) is 45.2 Å². The van der Waals surface area contributed by atoms with Gasteiger partial charge in [0.2, 0.25) is 5.91 Å². The number of pyridine rings is 1. The summed E-state index contributed by atoms with van der Waals surface area (Å²) in [6.45, 7) is 2.09. The quantitative estimate of drug-likeness (QED) is 0.321. The van der Waals surface area contributed by atoms with Gasteiger partial charge in [0.05, 0.1) is 0 Å². The van der Waals surface area contributed by atoms with E-state index < -0.39 is 0 Å². The summed E-state index contributed by atoms with van der Waals surface area (Å²) in [5, 5.41) is 6.71. The van der Waals surface area contributed by atoms with Crippen LogP contribution in [0.4, 0.5) is 10.2 Å². The highest BCUT2D eigenvalue weighted by atomic mass is 127. The van der Waals surface area contributed by atoms with Crippen molar-refractivity contribution >= 4 is 41.7 Å². The molecule has 1 atom stereocenters. The Morgan fingerprint density at radius 2 is 2.03 bits per heavy atom. The number of anilines is 1. The molecule has 1 unspecified atom stereocenters. The number of aliphatic imine (C=N–C) groups is 1. The van der Waals surface area contributed by atoms with Crippen molar-refractivity contribution in [1.82, 2.24) is 20.5 Å². The van der Waals surface area contributed by atoms with E-state index in [1.165, 1.54) is 16.5 Å². The van der Waals surface area contributed by atoms with Gasteiger partial charge in [0.15, 0.2) is 17.6 Å². The first-order chi connectivity index (χ1) is 14.5. The first-order valence-corrected chi connectivity index (χ1v) is 10.2. The number of hydrogen-bond acceptors (Lipinski definition) is 4. The van der Waals surface area contributed by atoms with Crippen molar-refractivity contribution < 1.29 is 9.18 Å². The second-order valence-corrected chi connectivity index (χ2v) is 7.50. The molecule has 1 aromatic carbocycles. The average Bonchev–Trinajstić information content (AvgIpc) is 3.21. The van der Waals surface area contributed by atoms with E-state index in [9.17, 15) is 9.18 Å². The molecule has 1 aliphatic heterocycles. The molecule has 0 aliphatic carbocycles. The second kappa shape index (κ2) is 12.4. The highest BCUT2D eigenvalue weighted by Gasteiger charge is 2.26. The minimum absolute atomic E-state index is 0. The Balaban J connectivity index is 0.00000341. The molecule has 3 rings (SSSR count). The topological polar surface area (TPSA) is 72.9 Å². The van der Waals surface area contributed by atoms with Gasteiger partial charge in [-0.25, -0.2) is 14.4 Å². The molecule has 1 aliphatic rings. The molecule has 2 heterocycles. The number of carbonyl (C=O) groups excluding carboxylic acids is 1. The molecule has 31 heavy (non-hydrogen) atoms. The van der Waals surface area contributed by atoms with E-state index in [0.29, 0.717) is 31.4 Å². The van der Waals surface area contributed by atoms with Crippen LogP contribution >= 0.6 is 24.0 Å². The van der Waals surface area contributed by atoms with Crippen molar-refractivity contribution in [1.29, 1.82) is 0 Å². The molecule has 2 N–H and O–H groups in total. The summed E-state index contributed by atoms with van der Waals surface area (Å²) in [4.78, 5) is 24.0. The summed E-state index contributed by atoms with van der Waals surface area (Å²) in [7, 11) is 3.42. The van der Waals surface area contributed by atoms with E-state index in [1.807, 2.05) is 23.1 Å². The van der Waals surface area contributed by atoms with E-state index in [4.69, 9.17) is 0 Å². The lowest BCUT2D eigenvalue weighted by atomic mass is 10.1. The van der Waals surface area contributed by atoms with E-state index in [1.54, 1.807) is 26.4 Å². The van der Waals surface area contributed by atoms with Gasteiger partial charge in [-0.15, -0.1) is 24.0 Å².